The molecule has 0 N–H and O–H groups in total. The van der Waals surface area contributed by atoms with Gasteiger partial charge in [-0.2, -0.15) is 0 Å². The largest absolute Gasteiger partial charge is 0.489 e. The molecular weight excluding hydrogens is 485 g/mol. The van der Waals surface area contributed by atoms with E-state index in [0.717, 1.165) is 33.7 Å². The molecule has 1 aliphatic rings. The van der Waals surface area contributed by atoms with Crippen molar-refractivity contribution in [1.82, 2.24) is 4.90 Å². The number of hydrogen-bond acceptors (Lipinski definition) is 4. The van der Waals surface area contributed by atoms with Crippen molar-refractivity contribution in [3.05, 3.63) is 117 Å². The number of thioether (sulfide) groups is 1. The van der Waals surface area contributed by atoms with Crippen molar-refractivity contribution < 1.29 is 18.7 Å². The van der Waals surface area contributed by atoms with E-state index in [4.69, 9.17) is 16.3 Å². The van der Waals surface area contributed by atoms with E-state index >= 15 is 0 Å². The van der Waals surface area contributed by atoms with Gasteiger partial charge in [-0.05, 0) is 70.1 Å². The molecule has 0 saturated carbocycles. The molecule has 174 valence electrons. The fourth-order valence-electron chi connectivity index (χ4n) is 3.79. The van der Waals surface area contributed by atoms with Gasteiger partial charge in [-0.15, -0.1) is 0 Å². The van der Waals surface area contributed by atoms with Crippen molar-refractivity contribution in [2.24, 2.45) is 0 Å². The minimum Gasteiger partial charge on any atom is -0.489 e. The SMILES string of the molecule is O=C1S/C(=C\c2ccc(OCc3c(F)cccc3Cl)cc2)C(=O)N1Cc1ccc2ccccc2c1. The normalized spacial score (nSPS) is 14.8. The highest BCUT2D eigenvalue weighted by atomic mass is 35.5. The van der Waals surface area contributed by atoms with E-state index < -0.39 is 5.82 Å². The first-order valence-corrected chi connectivity index (χ1v) is 12.1. The Bertz CT molecular complexity index is 1450. The van der Waals surface area contributed by atoms with Gasteiger partial charge in [0.15, 0.2) is 0 Å². The molecule has 4 aromatic carbocycles. The summed E-state index contributed by atoms with van der Waals surface area (Å²) in [7, 11) is 0. The van der Waals surface area contributed by atoms with Crippen LogP contribution in [0.2, 0.25) is 5.02 Å². The van der Waals surface area contributed by atoms with Crippen LogP contribution in [0.15, 0.2) is 89.8 Å². The van der Waals surface area contributed by atoms with Gasteiger partial charge in [-0.1, -0.05) is 66.2 Å². The standard InChI is InChI=1S/C28H19ClFNO3S/c29-24-6-3-7-25(30)23(24)17-34-22-12-9-18(10-13-22)15-26-27(32)31(28(33)35-26)16-19-8-11-20-4-1-2-5-21(20)14-19/h1-15H,16-17H2/b26-15-. The molecule has 0 spiro atoms. The third-order valence-corrected chi connectivity index (χ3v) is 6.91. The molecule has 7 heteroatoms. The molecule has 4 nitrogen and oxygen atoms in total. The Morgan fingerprint density at radius 1 is 0.914 bits per heavy atom. The number of ether oxygens (including phenoxy) is 1. The van der Waals surface area contributed by atoms with Gasteiger partial charge in [-0.25, -0.2) is 4.39 Å². The second kappa shape index (κ2) is 9.94. The second-order valence-corrected chi connectivity index (χ2v) is 9.41. The predicted octanol–water partition coefficient (Wildman–Crippen LogP) is 7.45. The van der Waals surface area contributed by atoms with E-state index in [9.17, 15) is 14.0 Å². The van der Waals surface area contributed by atoms with Gasteiger partial charge in [0.1, 0.15) is 18.2 Å². The molecule has 5 rings (SSSR count). The summed E-state index contributed by atoms with van der Waals surface area (Å²) < 4.78 is 19.6. The van der Waals surface area contributed by atoms with E-state index in [1.54, 1.807) is 42.5 Å². The monoisotopic (exact) mass is 503 g/mol. The van der Waals surface area contributed by atoms with Crippen molar-refractivity contribution in [2.45, 2.75) is 13.2 Å². The number of benzene rings is 4. The fourth-order valence-corrected chi connectivity index (χ4v) is 4.85. The quantitative estimate of drug-likeness (QED) is 0.256. The van der Waals surface area contributed by atoms with Gasteiger partial charge in [-0.3, -0.25) is 14.5 Å². The smallest absolute Gasteiger partial charge is 0.293 e. The number of carbonyl (C=O) groups excluding carboxylic acids is 2. The van der Waals surface area contributed by atoms with Crippen LogP contribution >= 0.6 is 23.4 Å². The van der Waals surface area contributed by atoms with Gasteiger partial charge >= 0.3 is 0 Å². The van der Waals surface area contributed by atoms with Crippen molar-refractivity contribution >= 4 is 51.4 Å². The Labute approximate surface area is 211 Å². The van der Waals surface area contributed by atoms with Gasteiger partial charge in [0, 0.05) is 5.56 Å². The average molecular weight is 504 g/mol. The minimum atomic E-state index is -0.423. The number of rotatable bonds is 6. The number of hydrogen-bond donors (Lipinski definition) is 0. The third-order valence-electron chi connectivity index (χ3n) is 5.65. The molecule has 35 heavy (non-hydrogen) atoms. The number of halogens is 2. The summed E-state index contributed by atoms with van der Waals surface area (Å²) >= 11 is 6.96. The molecule has 0 atom stereocenters. The maximum Gasteiger partial charge on any atom is 0.293 e. The summed E-state index contributed by atoms with van der Waals surface area (Å²) in [6.07, 6.45) is 1.68. The van der Waals surface area contributed by atoms with Crippen LogP contribution in [-0.4, -0.2) is 16.0 Å². The van der Waals surface area contributed by atoms with E-state index in [-0.39, 0.29) is 24.3 Å². The van der Waals surface area contributed by atoms with Crippen LogP contribution in [0.5, 0.6) is 5.75 Å². The summed E-state index contributed by atoms with van der Waals surface area (Å²) in [6.45, 7) is 0.219. The molecule has 1 aliphatic heterocycles. The molecule has 0 aliphatic carbocycles. The van der Waals surface area contributed by atoms with Crippen molar-refractivity contribution in [3.63, 3.8) is 0 Å². The van der Waals surface area contributed by atoms with Crippen LogP contribution in [0, 0.1) is 5.82 Å². The summed E-state index contributed by atoms with van der Waals surface area (Å²) in [5.41, 5.74) is 1.93. The molecule has 0 bridgehead atoms. The summed E-state index contributed by atoms with van der Waals surface area (Å²) in [4.78, 5) is 27.1. The van der Waals surface area contributed by atoms with Gasteiger partial charge in [0.2, 0.25) is 0 Å². The third kappa shape index (κ3) is 5.09. The number of imide groups is 1. The van der Waals surface area contributed by atoms with Crippen LogP contribution in [0.4, 0.5) is 9.18 Å². The van der Waals surface area contributed by atoms with Crippen molar-refractivity contribution in [2.75, 3.05) is 0 Å². The Kier molecular flexibility index (Phi) is 6.57. The van der Waals surface area contributed by atoms with Crippen molar-refractivity contribution in [3.8, 4) is 5.75 Å². The number of nitrogens with zero attached hydrogens (tertiary/aromatic N) is 1. The Balaban J connectivity index is 1.26. The highest BCUT2D eigenvalue weighted by Gasteiger charge is 2.35. The molecular formula is C28H19ClFNO3S. The molecule has 4 aromatic rings. The van der Waals surface area contributed by atoms with Gasteiger partial charge in [0.25, 0.3) is 11.1 Å². The highest BCUT2D eigenvalue weighted by Crippen LogP contribution is 2.34. The predicted molar refractivity (Wildman–Crippen MR) is 138 cm³/mol. The van der Waals surface area contributed by atoms with E-state index in [1.807, 2.05) is 42.5 Å². The lowest BCUT2D eigenvalue weighted by atomic mass is 10.1. The lowest BCUT2D eigenvalue weighted by Gasteiger charge is -2.13. The van der Waals surface area contributed by atoms with Crippen molar-refractivity contribution in [1.29, 1.82) is 0 Å². The van der Waals surface area contributed by atoms with E-state index in [2.05, 4.69) is 0 Å². The molecule has 0 unspecified atom stereocenters. The van der Waals surface area contributed by atoms with E-state index in [1.165, 1.54) is 11.0 Å². The Morgan fingerprint density at radius 2 is 1.69 bits per heavy atom. The summed E-state index contributed by atoms with van der Waals surface area (Å²) in [5, 5.41) is 2.18. The number of fused-ring (bicyclic) bond motifs is 1. The zero-order valence-corrected chi connectivity index (χ0v) is 20.0. The zero-order valence-electron chi connectivity index (χ0n) is 18.4. The Morgan fingerprint density at radius 3 is 2.46 bits per heavy atom. The van der Waals surface area contributed by atoms with Crippen LogP contribution in [0.25, 0.3) is 16.8 Å². The molecule has 0 radical (unpaired) electrons. The molecule has 2 amide bonds. The topological polar surface area (TPSA) is 46.6 Å². The van der Waals surface area contributed by atoms with Crippen LogP contribution < -0.4 is 4.74 Å². The first kappa shape index (κ1) is 23.1. The maximum atomic E-state index is 13.9. The van der Waals surface area contributed by atoms with Gasteiger partial charge < -0.3 is 4.74 Å². The average Bonchev–Trinajstić information content (AvgIpc) is 3.12. The van der Waals surface area contributed by atoms with Gasteiger partial charge in [0.05, 0.1) is 16.5 Å². The molecule has 1 heterocycles. The second-order valence-electron chi connectivity index (χ2n) is 8.01. The Hall–Kier alpha value is -3.61. The summed E-state index contributed by atoms with van der Waals surface area (Å²) in [5.74, 6) is -0.206. The first-order valence-electron chi connectivity index (χ1n) is 10.9. The highest BCUT2D eigenvalue weighted by molar-refractivity contribution is 8.18. The first-order chi connectivity index (χ1) is 17.0. The van der Waals surface area contributed by atoms with E-state index in [0.29, 0.717) is 21.2 Å². The molecule has 1 saturated heterocycles. The van der Waals surface area contributed by atoms with Crippen LogP contribution in [0.3, 0.4) is 0 Å². The fraction of sp³-hybridized carbons (Fsp3) is 0.0714. The van der Waals surface area contributed by atoms with Crippen LogP contribution in [0.1, 0.15) is 16.7 Å². The van der Waals surface area contributed by atoms with Crippen LogP contribution in [-0.2, 0) is 17.9 Å². The molecule has 0 aromatic heterocycles. The summed E-state index contributed by atoms with van der Waals surface area (Å²) in [6, 6.07) is 25.4. The number of amides is 2. The minimum absolute atomic E-state index is 0.00147. The number of carbonyl (C=O) groups is 2. The molecule has 1 fully saturated rings. The zero-order chi connectivity index (χ0) is 24.4. The lowest BCUT2D eigenvalue weighted by molar-refractivity contribution is -0.123. The lowest BCUT2D eigenvalue weighted by Crippen LogP contribution is -2.27. The maximum absolute atomic E-state index is 13.9.